The van der Waals surface area contributed by atoms with Crippen molar-refractivity contribution in [1.29, 1.82) is 0 Å². The number of aliphatic hydroxyl groups is 1. The van der Waals surface area contributed by atoms with Gasteiger partial charge in [-0.25, -0.2) is 4.98 Å². The van der Waals surface area contributed by atoms with Gasteiger partial charge in [-0.15, -0.1) is 0 Å². The Morgan fingerprint density at radius 1 is 1.56 bits per heavy atom. The monoisotopic (exact) mass is 223 g/mol. The van der Waals surface area contributed by atoms with E-state index in [-0.39, 0.29) is 12.5 Å². The topological polar surface area (TPSA) is 65.5 Å². The third-order valence-corrected chi connectivity index (χ3v) is 2.08. The van der Waals surface area contributed by atoms with Crippen LogP contribution in [-0.2, 0) is 0 Å². The molecule has 0 atom stereocenters. The standard InChI is InChI=1S/C11H17N3O2/c1-14(2)10-9(5-3-6-12-10)11(16)13-7-4-8-15/h3,5-6,15H,4,7-8H2,1-2H3,(H,13,16). The molecule has 1 heterocycles. The van der Waals surface area contributed by atoms with Crippen LogP contribution in [0.15, 0.2) is 18.3 Å². The summed E-state index contributed by atoms with van der Waals surface area (Å²) in [5, 5.41) is 11.4. The molecular formula is C11H17N3O2. The van der Waals surface area contributed by atoms with Crippen molar-refractivity contribution in [2.45, 2.75) is 6.42 Å². The maximum Gasteiger partial charge on any atom is 0.255 e. The Morgan fingerprint density at radius 3 is 2.94 bits per heavy atom. The van der Waals surface area contributed by atoms with E-state index >= 15 is 0 Å². The highest BCUT2D eigenvalue weighted by molar-refractivity contribution is 5.98. The van der Waals surface area contributed by atoms with Crippen molar-refractivity contribution < 1.29 is 9.90 Å². The summed E-state index contributed by atoms with van der Waals surface area (Å²) in [4.78, 5) is 17.7. The number of rotatable bonds is 5. The smallest absolute Gasteiger partial charge is 0.255 e. The van der Waals surface area contributed by atoms with Gasteiger partial charge in [0.1, 0.15) is 5.82 Å². The van der Waals surface area contributed by atoms with Crippen molar-refractivity contribution in [3.05, 3.63) is 23.9 Å². The van der Waals surface area contributed by atoms with Gasteiger partial charge in [0.15, 0.2) is 0 Å². The molecule has 0 aliphatic carbocycles. The number of hydrogen-bond acceptors (Lipinski definition) is 4. The summed E-state index contributed by atoms with van der Waals surface area (Å²) >= 11 is 0. The van der Waals surface area contributed by atoms with E-state index < -0.39 is 0 Å². The van der Waals surface area contributed by atoms with Crippen LogP contribution in [0.2, 0.25) is 0 Å². The highest BCUT2D eigenvalue weighted by atomic mass is 16.3. The maximum absolute atomic E-state index is 11.8. The Morgan fingerprint density at radius 2 is 2.31 bits per heavy atom. The first-order chi connectivity index (χ1) is 7.66. The molecule has 5 heteroatoms. The van der Waals surface area contributed by atoms with Crippen molar-refractivity contribution in [3.8, 4) is 0 Å². The van der Waals surface area contributed by atoms with Crippen LogP contribution < -0.4 is 10.2 Å². The number of carbonyl (C=O) groups is 1. The minimum Gasteiger partial charge on any atom is -0.396 e. The number of pyridine rings is 1. The number of anilines is 1. The highest BCUT2D eigenvalue weighted by Gasteiger charge is 2.12. The van der Waals surface area contributed by atoms with E-state index in [9.17, 15) is 4.79 Å². The molecule has 0 fully saturated rings. The molecule has 88 valence electrons. The van der Waals surface area contributed by atoms with E-state index in [0.29, 0.717) is 24.3 Å². The van der Waals surface area contributed by atoms with Gasteiger partial charge in [-0.2, -0.15) is 0 Å². The lowest BCUT2D eigenvalue weighted by molar-refractivity contribution is 0.0951. The number of amides is 1. The molecule has 0 bridgehead atoms. The van der Waals surface area contributed by atoms with Crippen molar-refractivity contribution in [2.75, 3.05) is 32.1 Å². The van der Waals surface area contributed by atoms with Crippen molar-refractivity contribution in [3.63, 3.8) is 0 Å². The Labute approximate surface area is 95.1 Å². The van der Waals surface area contributed by atoms with Gasteiger partial charge in [0.05, 0.1) is 5.56 Å². The fraction of sp³-hybridized carbons (Fsp3) is 0.455. The predicted molar refractivity (Wildman–Crippen MR) is 62.6 cm³/mol. The third kappa shape index (κ3) is 3.20. The Kier molecular flexibility index (Phi) is 4.72. The van der Waals surface area contributed by atoms with Crippen LogP contribution in [0.1, 0.15) is 16.8 Å². The van der Waals surface area contributed by atoms with Crippen molar-refractivity contribution in [1.82, 2.24) is 10.3 Å². The second kappa shape index (κ2) is 6.07. The first-order valence-electron chi connectivity index (χ1n) is 5.18. The molecular weight excluding hydrogens is 206 g/mol. The number of hydrogen-bond donors (Lipinski definition) is 2. The lowest BCUT2D eigenvalue weighted by atomic mass is 10.2. The zero-order chi connectivity index (χ0) is 12.0. The Bertz CT molecular complexity index is 353. The van der Waals surface area contributed by atoms with Crippen molar-refractivity contribution in [2.24, 2.45) is 0 Å². The molecule has 0 saturated heterocycles. The summed E-state index contributed by atoms with van der Waals surface area (Å²) in [6.07, 6.45) is 2.21. The minimum atomic E-state index is -0.162. The molecule has 2 N–H and O–H groups in total. The quantitative estimate of drug-likeness (QED) is 0.703. The first-order valence-corrected chi connectivity index (χ1v) is 5.18. The molecule has 1 amide bonds. The Balaban J connectivity index is 2.74. The maximum atomic E-state index is 11.8. The summed E-state index contributed by atoms with van der Waals surface area (Å²) in [6, 6.07) is 3.46. The van der Waals surface area contributed by atoms with Crippen LogP contribution in [0.3, 0.4) is 0 Å². The number of nitrogens with one attached hydrogen (secondary N) is 1. The average Bonchev–Trinajstić information content (AvgIpc) is 2.29. The normalized spacial score (nSPS) is 9.94. The molecule has 1 aromatic rings. The molecule has 5 nitrogen and oxygen atoms in total. The third-order valence-electron chi connectivity index (χ3n) is 2.08. The van der Waals surface area contributed by atoms with E-state index in [1.54, 1.807) is 23.2 Å². The molecule has 0 aliphatic heterocycles. The zero-order valence-electron chi connectivity index (χ0n) is 9.60. The van der Waals surface area contributed by atoms with E-state index in [2.05, 4.69) is 10.3 Å². The van der Waals surface area contributed by atoms with Gasteiger partial charge in [-0.05, 0) is 18.6 Å². The minimum absolute atomic E-state index is 0.0772. The van der Waals surface area contributed by atoms with E-state index in [4.69, 9.17) is 5.11 Å². The van der Waals surface area contributed by atoms with Crippen LogP contribution in [0.5, 0.6) is 0 Å². The van der Waals surface area contributed by atoms with E-state index in [1.807, 2.05) is 14.1 Å². The molecule has 0 unspecified atom stereocenters. The van der Waals surface area contributed by atoms with Gasteiger partial charge in [0, 0.05) is 33.4 Å². The summed E-state index contributed by atoms with van der Waals surface area (Å²) in [5.74, 6) is 0.481. The second-order valence-electron chi connectivity index (χ2n) is 3.60. The summed E-state index contributed by atoms with van der Waals surface area (Å²) < 4.78 is 0. The second-order valence-corrected chi connectivity index (χ2v) is 3.60. The fourth-order valence-corrected chi connectivity index (χ4v) is 1.31. The molecule has 0 radical (unpaired) electrons. The Hall–Kier alpha value is -1.62. The summed E-state index contributed by atoms with van der Waals surface area (Å²) in [7, 11) is 3.68. The van der Waals surface area contributed by atoms with Gasteiger partial charge in [-0.3, -0.25) is 4.79 Å². The largest absolute Gasteiger partial charge is 0.396 e. The first kappa shape index (κ1) is 12.4. The SMILES string of the molecule is CN(C)c1ncccc1C(=O)NCCCO. The van der Waals surface area contributed by atoms with Gasteiger partial charge in [0.2, 0.25) is 0 Å². The molecule has 0 aliphatic rings. The van der Waals surface area contributed by atoms with Crippen LogP contribution in [-0.4, -0.2) is 43.2 Å². The molecule has 0 saturated carbocycles. The molecule has 16 heavy (non-hydrogen) atoms. The van der Waals surface area contributed by atoms with Gasteiger partial charge in [0.25, 0.3) is 5.91 Å². The fourth-order valence-electron chi connectivity index (χ4n) is 1.31. The van der Waals surface area contributed by atoms with Crippen molar-refractivity contribution >= 4 is 11.7 Å². The molecule has 0 aromatic carbocycles. The lowest BCUT2D eigenvalue weighted by Gasteiger charge is -2.15. The van der Waals surface area contributed by atoms with Gasteiger partial charge < -0.3 is 15.3 Å². The van der Waals surface area contributed by atoms with Gasteiger partial charge in [-0.1, -0.05) is 0 Å². The number of carbonyl (C=O) groups excluding carboxylic acids is 1. The average molecular weight is 223 g/mol. The summed E-state index contributed by atoms with van der Waals surface area (Å²) in [6.45, 7) is 0.547. The number of nitrogens with zero attached hydrogens (tertiary/aromatic N) is 2. The van der Waals surface area contributed by atoms with Gasteiger partial charge >= 0.3 is 0 Å². The van der Waals surface area contributed by atoms with Crippen LogP contribution in [0.4, 0.5) is 5.82 Å². The number of aromatic nitrogens is 1. The summed E-state index contributed by atoms with van der Waals surface area (Å²) in [5.41, 5.74) is 0.547. The van der Waals surface area contributed by atoms with Crippen LogP contribution in [0, 0.1) is 0 Å². The van der Waals surface area contributed by atoms with Crippen LogP contribution in [0.25, 0.3) is 0 Å². The molecule has 1 aromatic heterocycles. The highest BCUT2D eigenvalue weighted by Crippen LogP contribution is 2.13. The molecule has 0 spiro atoms. The zero-order valence-corrected chi connectivity index (χ0v) is 9.60. The van der Waals surface area contributed by atoms with E-state index in [1.165, 1.54) is 0 Å². The van der Waals surface area contributed by atoms with Crippen LogP contribution >= 0.6 is 0 Å². The number of aliphatic hydroxyl groups excluding tert-OH is 1. The lowest BCUT2D eigenvalue weighted by Crippen LogP contribution is -2.27. The molecule has 1 rings (SSSR count). The van der Waals surface area contributed by atoms with E-state index in [0.717, 1.165) is 0 Å². The predicted octanol–water partition coefficient (Wildman–Crippen LogP) is 0.260.